The molecule has 1 saturated carbocycles. The summed E-state index contributed by atoms with van der Waals surface area (Å²) >= 11 is 3.31. The van der Waals surface area contributed by atoms with Gasteiger partial charge >= 0.3 is 0 Å². The third kappa shape index (κ3) is 3.80. The van der Waals surface area contributed by atoms with E-state index in [9.17, 15) is 14.7 Å². The average molecular weight is 341 g/mol. The maximum atomic E-state index is 11.8. The molecule has 0 saturated heterocycles. The van der Waals surface area contributed by atoms with Gasteiger partial charge in [-0.25, -0.2) is 0 Å². The third-order valence-electron chi connectivity index (χ3n) is 3.39. The molecule has 0 atom stereocenters. The fourth-order valence-electron chi connectivity index (χ4n) is 2.25. The summed E-state index contributed by atoms with van der Waals surface area (Å²) in [5, 5.41) is 15.2. The van der Waals surface area contributed by atoms with Gasteiger partial charge in [0.2, 0.25) is 5.91 Å². The quantitative estimate of drug-likeness (QED) is 0.782. The second kappa shape index (κ2) is 6.37. The van der Waals surface area contributed by atoms with Crippen LogP contribution in [0.25, 0.3) is 0 Å². The summed E-state index contributed by atoms with van der Waals surface area (Å²) < 4.78 is 0.923. The molecule has 2 rings (SSSR count). The maximum Gasteiger partial charge on any atom is 0.252 e. The first-order chi connectivity index (χ1) is 9.49. The van der Waals surface area contributed by atoms with Gasteiger partial charge in [-0.1, -0.05) is 15.9 Å². The van der Waals surface area contributed by atoms with Crippen molar-refractivity contribution in [2.45, 2.75) is 31.3 Å². The van der Waals surface area contributed by atoms with Gasteiger partial charge in [0, 0.05) is 10.2 Å². The van der Waals surface area contributed by atoms with E-state index in [-0.39, 0.29) is 12.5 Å². The fraction of sp³-hybridized carbons (Fsp3) is 0.429. The van der Waals surface area contributed by atoms with E-state index in [2.05, 4.69) is 26.6 Å². The summed E-state index contributed by atoms with van der Waals surface area (Å²) in [5.74, 6) is -0.775. The number of amides is 2. The predicted molar refractivity (Wildman–Crippen MR) is 79.2 cm³/mol. The smallest absolute Gasteiger partial charge is 0.252 e. The van der Waals surface area contributed by atoms with E-state index >= 15 is 0 Å². The largest absolute Gasteiger partial charge is 0.380 e. The molecule has 20 heavy (non-hydrogen) atoms. The predicted octanol–water partition coefficient (Wildman–Crippen LogP) is 1.81. The van der Waals surface area contributed by atoms with Crippen LogP contribution < -0.4 is 10.6 Å². The van der Waals surface area contributed by atoms with Crippen molar-refractivity contribution in [3.05, 3.63) is 28.7 Å². The van der Waals surface area contributed by atoms with Crippen LogP contribution in [0.5, 0.6) is 0 Å². The van der Waals surface area contributed by atoms with Crippen LogP contribution in [0.4, 0.5) is 5.69 Å². The lowest BCUT2D eigenvalue weighted by Gasteiger charge is -2.20. The average Bonchev–Trinajstić information content (AvgIpc) is 2.87. The van der Waals surface area contributed by atoms with Gasteiger partial charge in [-0.3, -0.25) is 9.59 Å². The van der Waals surface area contributed by atoms with Crippen LogP contribution in [0.3, 0.4) is 0 Å². The van der Waals surface area contributed by atoms with E-state index in [1.54, 1.807) is 12.1 Å². The molecule has 0 unspecified atom stereocenters. The van der Waals surface area contributed by atoms with E-state index < -0.39 is 11.5 Å². The Morgan fingerprint density at radius 2 is 1.80 bits per heavy atom. The van der Waals surface area contributed by atoms with Crippen molar-refractivity contribution >= 4 is 33.4 Å². The van der Waals surface area contributed by atoms with Crippen LogP contribution in [0.15, 0.2) is 28.7 Å². The number of carbonyl (C=O) groups excluding carboxylic acids is 2. The summed E-state index contributed by atoms with van der Waals surface area (Å²) in [6.07, 6.45) is 2.62. The van der Waals surface area contributed by atoms with Crippen molar-refractivity contribution < 1.29 is 14.7 Å². The van der Waals surface area contributed by atoms with Gasteiger partial charge < -0.3 is 15.7 Å². The van der Waals surface area contributed by atoms with Crippen LogP contribution in [-0.4, -0.2) is 29.1 Å². The highest BCUT2D eigenvalue weighted by Crippen LogP contribution is 2.29. The molecule has 1 aromatic carbocycles. The first kappa shape index (κ1) is 15.0. The Bertz CT molecular complexity index is 496. The van der Waals surface area contributed by atoms with Crippen LogP contribution in [0.2, 0.25) is 0 Å². The molecular formula is C14H17BrN2O3. The standard InChI is InChI=1S/C14H17BrN2O3/c15-10-3-5-11(6-4-10)17-12(18)9-16-13(19)14(20)7-1-2-8-14/h3-6,20H,1-2,7-9H2,(H,16,19)(H,17,18). The number of benzene rings is 1. The molecule has 1 aromatic rings. The van der Waals surface area contributed by atoms with Crippen LogP contribution in [0, 0.1) is 0 Å². The van der Waals surface area contributed by atoms with Crippen molar-refractivity contribution in [3.8, 4) is 0 Å². The Hall–Kier alpha value is -1.40. The van der Waals surface area contributed by atoms with Gasteiger partial charge in [0.05, 0.1) is 6.54 Å². The number of nitrogens with one attached hydrogen (secondary N) is 2. The minimum absolute atomic E-state index is 0.142. The zero-order valence-electron chi connectivity index (χ0n) is 11.0. The van der Waals surface area contributed by atoms with Gasteiger partial charge in [0.25, 0.3) is 5.91 Å². The molecule has 1 aliphatic rings. The molecular weight excluding hydrogens is 324 g/mol. The van der Waals surface area contributed by atoms with Gasteiger partial charge in [-0.2, -0.15) is 0 Å². The monoisotopic (exact) mass is 340 g/mol. The number of hydrogen-bond donors (Lipinski definition) is 3. The van der Waals surface area contributed by atoms with Gasteiger partial charge in [0.1, 0.15) is 5.60 Å². The lowest BCUT2D eigenvalue weighted by molar-refractivity contribution is -0.140. The van der Waals surface area contributed by atoms with Crippen molar-refractivity contribution in [2.24, 2.45) is 0 Å². The number of hydrogen-bond acceptors (Lipinski definition) is 3. The Morgan fingerprint density at radius 3 is 2.40 bits per heavy atom. The van der Waals surface area contributed by atoms with Crippen LogP contribution in [0.1, 0.15) is 25.7 Å². The Kier molecular flexibility index (Phi) is 4.77. The van der Waals surface area contributed by atoms with Gasteiger partial charge in [-0.05, 0) is 49.9 Å². The summed E-state index contributed by atoms with van der Waals surface area (Å²) in [4.78, 5) is 23.5. The van der Waals surface area contributed by atoms with Crippen LogP contribution in [-0.2, 0) is 9.59 Å². The van der Waals surface area contributed by atoms with E-state index in [1.807, 2.05) is 12.1 Å². The van der Waals surface area contributed by atoms with Crippen molar-refractivity contribution in [1.29, 1.82) is 0 Å². The number of anilines is 1. The van der Waals surface area contributed by atoms with Crippen LogP contribution >= 0.6 is 15.9 Å². The number of aliphatic hydroxyl groups is 1. The Labute approximate surface area is 125 Å². The molecule has 2 amide bonds. The summed E-state index contributed by atoms with van der Waals surface area (Å²) in [6.45, 7) is -0.142. The highest BCUT2D eigenvalue weighted by Gasteiger charge is 2.38. The zero-order valence-corrected chi connectivity index (χ0v) is 12.6. The summed E-state index contributed by atoms with van der Waals surface area (Å²) in [6, 6.07) is 7.15. The highest BCUT2D eigenvalue weighted by molar-refractivity contribution is 9.10. The lowest BCUT2D eigenvalue weighted by atomic mass is 10.0. The zero-order chi connectivity index (χ0) is 14.6. The van der Waals surface area contributed by atoms with E-state index in [4.69, 9.17) is 0 Å². The molecule has 0 heterocycles. The number of carbonyl (C=O) groups is 2. The van der Waals surface area contributed by atoms with Gasteiger partial charge in [0.15, 0.2) is 0 Å². The van der Waals surface area contributed by atoms with E-state index in [1.165, 1.54) is 0 Å². The van der Waals surface area contributed by atoms with Gasteiger partial charge in [-0.15, -0.1) is 0 Å². The van der Waals surface area contributed by atoms with Crippen molar-refractivity contribution in [1.82, 2.24) is 5.32 Å². The molecule has 5 nitrogen and oxygen atoms in total. The number of halogens is 1. The van der Waals surface area contributed by atoms with Crippen molar-refractivity contribution in [2.75, 3.05) is 11.9 Å². The Balaban J connectivity index is 1.80. The lowest BCUT2D eigenvalue weighted by Crippen LogP contribution is -2.47. The molecule has 0 aliphatic heterocycles. The molecule has 6 heteroatoms. The van der Waals surface area contributed by atoms with E-state index in [0.717, 1.165) is 17.3 Å². The minimum Gasteiger partial charge on any atom is -0.380 e. The molecule has 0 bridgehead atoms. The fourth-order valence-corrected chi connectivity index (χ4v) is 2.51. The van der Waals surface area contributed by atoms with Crippen molar-refractivity contribution in [3.63, 3.8) is 0 Å². The first-order valence-corrected chi connectivity index (χ1v) is 7.35. The highest BCUT2D eigenvalue weighted by atomic mass is 79.9. The molecule has 1 fully saturated rings. The topological polar surface area (TPSA) is 78.4 Å². The SMILES string of the molecule is O=C(CNC(=O)C1(O)CCCC1)Nc1ccc(Br)cc1. The molecule has 0 radical (unpaired) electrons. The normalized spacial score (nSPS) is 16.7. The number of rotatable bonds is 4. The summed E-state index contributed by atoms with van der Waals surface area (Å²) in [7, 11) is 0. The molecule has 3 N–H and O–H groups in total. The first-order valence-electron chi connectivity index (χ1n) is 6.56. The molecule has 108 valence electrons. The maximum absolute atomic E-state index is 11.8. The molecule has 0 aromatic heterocycles. The molecule has 1 aliphatic carbocycles. The third-order valence-corrected chi connectivity index (χ3v) is 3.92. The minimum atomic E-state index is -1.29. The Morgan fingerprint density at radius 1 is 1.20 bits per heavy atom. The second-order valence-corrected chi connectivity index (χ2v) is 5.89. The summed E-state index contributed by atoms with van der Waals surface area (Å²) in [5.41, 5.74) is -0.634. The molecule has 0 spiro atoms. The second-order valence-electron chi connectivity index (χ2n) is 4.98. The van der Waals surface area contributed by atoms with E-state index in [0.29, 0.717) is 18.5 Å².